The summed E-state index contributed by atoms with van der Waals surface area (Å²) < 4.78 is 7.69. The van der Waals surface area contributed by atoms with Gasteiger partial charge >= 0.3 is 0 Å². The Morgan fingerprint density at radius 1 is 1.27 bits per heavy atom. The molecule has 152 valence electrons. The fraction of sp³-hybridized carbons (Fsp3) is 0.409. The van der Waals surface area contributed by atoms with E-state index in [-0.39, 0.29) is 5.92 Å². The topological polar surface area (TPSA) is 97.8 Å². The highest BCUT2D eigenvalue weighted by Crippen LogP contribution is 2.57. The highest BCUT2D eigenvalue weighted by atomic mass is 16.5. The largest absolute Gasteiger partial charge is 0.480 e. The van der Waals surface area contributed by atoms with Crippen molar-refractivity contribution in [1.82, 2.24) is 24.6 Å². The van der Waals surface area contributed by atoms with Crippen molar-refractivity contribution in [3.05, 3.63) is 47.1 Å². The number of fused-ring (bicyclic) bond motifs is 3. The fourth-order valence-corrected chi connectivity index (χ4v) is 4.64. The molecule has 0 aliphatic heterocycles. The summed E-state index contributed by atoms with van der Waals surface area (Å²) >= 11 is 0. The predicted octanol–water partition coefficient (Wildman–Crippen LogP) is 2.83. The van der Waals surface area contributed by atoms with E-state index in [1.54, 1.807) is 7.11 Å². The Labute approximate surface area is 173 Å². The Kier molecular flexibility index (Phi) is 3.65. The molecule has 8 nitrogen and oxygen atoms in total. The summed E-state index contributed by atoms with van der Waals surface area (Å²) in [4.78, 5) is 14.0. The van der Waals surface area contributed by atoms with E-state index in [4.69, 9.17) is 9.72 Å². The molecule has 8 heteroatoms. The van der Waals surface area contributed by atoms with E-state index in [0.717, 1.165) is 65.3 Å². The number of pyridine rings is 1. The third-order valence-electron chi connectivity index (χ3n) is 6.43. The standard InChI is InChI=1S/C22H22N6O2/c1-12-26-27-18-8-7-13(11-28(12)18)14-5-3-4-6-16-19(14)20(30-2)25-21(23-16)24-17-10-22(29)9-15(17)22/h5,7-8,11,15,29H,3-4,6,9-10H2,1-2H3/b24-17-/t15?,22-/m1/s1. The second kappa shape index (κ2) is 6.18. The molecule has 0 radical (unpaired) electrons. The zero-order valence-electron chi connectivity index (χ0n) is 17.0. The molecule has 6 rings (SSSR count). The minimum atomic E-state index is -0.497. The fourth-order valence-electron chi connectivity index (χ4n) is 4.64. The molecule has 3 aromatic rings. The zero-order chi connectivity index (χ0) is 20.5. The Hall–Kier alpha value is -3.13. The van der Waals surface area contributed by atoms with E-state index < -0.39 is 5.60 Å². The van der Waals surface area contributed by atoms with E-state index in [1.807, 2.05) is 17.4 Å². The van der Waals surface area contributed by atoms with Crippen LogP contribution >= 0.6 is 0 Å². The molecule has 3 aromatic heterocycles. The number of hydrogen-bond donors (Lipinski definition) is 1. The van der Waals surface area contributed by atoms with Crippen LogP contribution in [0, 0.1) is 12.8 Å². The molecule has 0 spiro atoms. The average Bonchev–Trinajstić information content (AvgIpc) is 3.22. The van der Waals surface area contributed by atoms with Crippen LogP contribution < -0.4 is 4.74 Å². The van der Waals surface area contributed by atoms with Gasteiger partial charge in [0.1, 0.15) is 5.82 Å². The molecule has 0 aromatic carbocycles. The van der Waals surface area contributed by atoms with E-state index >= 15 is 0 Å². The number of aryl methyl sites for hydroxylation is 2. The Bertz CT molecular complexity index is 1260. The van der Waals surface area contributed by atoms with E-state index in [0.29, 0.717) is 18.2 Å². The van der Waals surface area contributed by atoms with E-state index in [9.17, 15) is 5.11 Å². The third-order valence-corrected chi connectivity index (χ3v) is 6.43. The van der Waals surface area contributed by atoms with Crippen molar-refractivity contribution >= 4 is 22.9 Å². The van der Waals surface area contributed by atoms with Crippen LogP contribution in [0.4, 0.5) is 5.95 Å². The summed E-state index contributed by atoms with van der Waals surface area (Å²) in [6, 6.07) is 4.03. The Morgan fingerprint density at radius 3 is 2.93 bits per heavy atom. The maximum Gasteiger partial charge on any atom is 0.252 e. The minimum Gasteiger partial charge on any atom is -0.480 e. The first-order chi connectivity index (χ1) is 14.6. The number of nitrogens with zero attached hydrogens (tertiary/aromatic N) is 6. The zero-order valence-corrected chi connectivity index (χ0v) is 17.0. The highest BCUT2D eigenvalue weighted by Gasteiger charge is 2.65. The Balaban J connectivity index is 1.46. The molecule has 3 heterocycles. The van der Waals surface area contributed by atoms with Crippen LogP contribution in [0.25, 0.3) is 11.2 Å². The predicted molar refractivity (Wildman–Crippen MR) is 111 cm³/mol. The number of aliphatic imine (C=N–C) groups is 1. The van der Waals surface area contributed by atoms with Crippen LogP contribution in [0.3, 0.4) is 0 Å². The molecule has 2 saturated carbocycles. The molecule has 2 atom stereocenters. The normalized spacial score (nSPS) is 25.9. The molecular weight excluding hydrogens is 380 g/mol. The van der Waals surface area contributed by atoms with Gasteiger partial charge in [-0.15, -0.1) is 10.2 Å². The first-order valence-corrected chi connectivity index (χ1v) is 10.3. The summed E-state index contributed by atoms with van der Waals surface area (Å²) in [6.45, 7) is 1.94. The lowest BCUT2D eigenvalue weighted by Crippen LogP contribution is -2.31. The molecular formula is C22H22N6O2. The van der Waals surface area contributed by atoms with Crippen LogP contribution in [-0.4, -0.2) is 48.1 Å². The number of aliphatic hydroxyl groups is 1. The molecule has 0 saturated heterocycles. The average molecular weight is 402 g/mol. The van der Waals surface area contributed by atoms with Crippen LogP contribution in [0.1, 0.15) is 48.3 Å². The number of methoxy groups -OCH3 is 1. The molecule has 0 amide bonds. The quantitative estimate of drug-likeness (QED) is 0.723. The first kappa shape index (κ1) is 17.7. The lowest BCUT2D eigenvalue weighted by molar-refractivity contribution is 0.129. The van der Waals surface area contributed by atoms with Crippen molar-refractivity contribution in [2.24, 2.45) is 10.9 Å². The van der Waals surface area contributed by atoms with Crippen LogP contribution in [0.5, 0.6) is 5.88 Å². The molecule has 3 aliphatic rings. The van der Waals surface area contributed by atoms with E-state index in [2.05, 4.69) is 38.5 Å². The van der Waals surface area contributed by atoms with Gasteiger partial charge in [-0.1, -0.05) is 6.08 Å². The number of ether oxygens (including phenoxy) is 1. The van der Waals surface area contributed by atoms with Crippen molar-refractivity contribution in [3.63, 3.8) is 0 Å². The van der Waals surface area contributed by atoms with Crippen LogP contribution in [-0.2, 0) is 6.42 Å². The lowest BCUT2D eigenvalue weighted by atomic mass is 9.93. The monoisotopic (exact) mass is 402 g/mol. The summed E-state index contributed by atoms with van der Waals surface area (Å²) in [6.07, 6.45) is 8.53. The second-order valence-electron chi connectivity index (χ2n) is 8.40. The van der Waals surface area contributed by atoms with Gasteiger partial charge in [0.2, 0.25) is 5.88 Å². The molecule has 1 N–H and O–H groups in total. The summed E-state index contributed by atoms with van der Waals surface area (Å²) in [5, 5.41) is 18.4. The molecule has 3 aliphatic carbocycles. The molecule has 30 heavy (non-hydrogen) atoms. The van der Waals surface area contributed by atoms with E-state index in [1.165, 1.54) is 0 Å². The van der Waals surface area contributed by atoms with Gasteiger partial charge in [0.05, 0.1) is 24.0 Å². The minimum absolute atomic E-state index is 0.195. The van der Waals surface area contributed by atoms with Gasteiger partial charge in [-0.3, -0.25) is 4.40 Å². The van der Waals surface area contributed by atoms with Gasteiger partial charge in [-0.05, 0) is 55.9 Å². The maximum absolute atomic E-state index is 10.0. The van der Waals surface area contributed by atoms with Gasteiger partial charge in [0, 0.05) is 24.2 Å². The van der Waals surface area contributed by atoms with Crippen molar-refractivity contribution in [3.8, 4) is 5.88 Å². The molecule has 1 unspecified atom stereocenters. The van der Waals surface area contributed by atoms with Gasteiger partial charge in [0.15, 0.2) is 5.65 Å². The van der Waals surface area contributed by atoms with Gasteiger partial charge in [-0.2, -0.15) is 4.98 Å². The van der Waals surface area contributed by atoms with Crippen molar-refractivity contribution in [2.75, 3.05) is 7.11 Å². The number of aromatic nitrogens is 5. The summed E-state index contributed by atoms with van der Waals surface area (Å²) in [5.74, 6) is 2.01. The lowest BCUT2D eigenvalue weighted by Gasteiger charge is -2.21. The van der Waals surface area contributed by atoms with Crippen molar-refractivity contribution in [2.45, 2.75) is 44.6 Å². The molecule has 0 bridgehead atoms. The van der Waals surface area contributed by atoms with Crippen LogP contribution in [0.2, 0.25) is 0 Å². The van der Waals surface area contributed by atoms with Crippen molar-refractivity contribution < 1.29 is 9.84 Å². The SMILES string of the molecule is COc1nc(/N=C2/C[C@]3(O)CC23)nc2c1C(c1ccc3nnc(C)n3c1)=CCCC2. The Morgan fingerprint density at radius 2 is 2.17 bits per heavy atom. The van der Waals surface area contributed by atoms with Gasteiger partial charge < -0.3 is 9.84 Å². The smallest absolute Gasteiger partial charge is 0.252 e. The van der Waals surface area contributed by atoms with Gasteiger partial charge in [0.25, 0.3) is 5.95 Å². The number of allylic oxidation sites excluding steroid dienone is 1. The first-order valence-electron chi connectivity index (χ1n) is 10.3. The maximum atomic E-state index is 10.0. The molecule has 2 fully saturated rings. The summed E-state index contributed by atoms with van der Waals surface area (Å²) in [7, 11) is 1.64. The number of hydrogen-bond acceptors (Lipinski definition) is 7. The summed E-state index contributed by atoms with van der Waals surface area (Å²) in [5.41, 5.74) is 5.32. The van der Waals surface area contributed by atoms with Crippen LogP contribution in [0.15, 0.2) is 29.4 Å². The van der Waals surface area contributed by atoms with Gasteiger partial charge in [-0.25, -0.2) is 9.98 Å². The third kappa shape index (κ3) is 2.60. The van der Waals surface area contributed by atoms with Crippen molar-refractivity contribution in [1.29, 1.82) is 0 Å². The number of rotatable bonds is 3. The highest BCUT2D eigenvalue weighted by molar-refractivity contribution is 6.00. The second-order valence-corrected chi connectivity index (χ2v) is 8.40.